The maximum absolute atomic E-state index is 12.9. The van der Waals surface area contributed by atoms with Gasteiger partial charge in [-0.3, -0.25) is 14.4 Å². The first kappa shape index (κ1) is 23.0. The lowest BCUT2D eigenvalue weighted by Crippen LogP contribution is -2.29. The number of ketones is 1. The van der Waals surface area contributed by atoms with Crippen molar-refractivity contribution in [2.24, 2.45) is 0 Å². The van der Waals surface area contributed by atoms with Gasteiger partial charge >= 0.3 is 5.97 Å². The monoisotopic (exact) mass is 479 g/mol. The molecular weight excluding hydrogens is 462 g/mol. The number of hydrogen-bond acceptors (Lipinski definition) is 7. The SMILES string of the molecule is COc1ccc(OC)c(C(=O)COC(=O)c2ccc3c(c2)C(=O)N(c2ccc(Cl)cc2)C3=O)c1. The predicted octanol–water partition coefficient (Wildman–Crippen LogP) is 4.20. The highest BCUT2D eigenvalue weighted by Crippen LogP contribution is 2.30. The number of carbonyl (C=O) groups excluding carboxylic acids is 4. The maximum atomic E-state index is 12.9. The Kier molecular flexibility index (Phi) is 6.34. The van der Waals surface area contributed by atoms with Crippen LogP contribution in [0.15, 0.2) is 60.7 Å². The minimum absolute atomic E-state index is 0.0308. The topological polar surface area (TPSA) is 99.2 Å². The van der Waals surface area contributed by atoms with Gasteiger partial charge in [-0.1, -0.05) is 11.6 Å². The van der Waals surface area contributed by atoms with Gasteiger partial charge in [-0.25, -0.2) is 9.69 Å². The second-order valence-corrected chi connectivity index (χ2v) is 7.68. The smallest absolute Gasteiger partial charge is 0.338 e. The molecule has 0 aromatic heterocycles. The number of carbonyl (C=O) groups is 4. The Balaban J connectivity index is 1.51. The lowest BCUT2D eigenvalue weighted by atomic mass is 10.1. The molecule has 0 fully saturated rings. The maximum Gasteiger partial charge on any atom is 0.338 e. The molecule has 172 valence electrons. The third-order valence-electron chi connectivity index (χ3n) is 5.25. The summed E-state index contributed by atoms with van der Waals surface area (Å²) in [5.41, 5.74) is 0.813. The molecule has 2 amide bonds. The van der Waals surface area contributed by atoms with E-state index in [1.165, 1.54) is 38.5 Å². The molecule has 1 heterocycles. The van der Waals surface area contributed by atoms with Crippen molar-refractivity contribution < 1.29 is 33.4 Å². The highest BCUT2D eigenvalue weighted by molar-refractivity contribution is 6.35. The molecule has 0 spiro atoms. The fourth-order valence-electron chi connectivity index (χ4n) is 3.52. The number of anilines is 1. The van der Waals surface area contributed by atoms with Crippen LogP contribution in [0, 0.1) is 0 Å². The fraction of sp³-hybridized carbons (Fsp3) is 0.120. The van der Waals surface area contributed by atoms with Gasteiger partial charge in [0.15, 0.2) is 6.61 Å². The van der Waals surface area contributed by atoms with Gasteiger partial charge < -0.3 is 14.2 Å². The summed E-state index contributed by atoms with van der Waals surface area (Å²) in [4.78, 5) is 51.8. The highest BCUT2D eigenvalue weighted by Gasteiger charge is 2.37. The average Bonchev–Trinajstić information content (AvgIpc) is 3.11. The Labute approximate surface area is 199 Å². The van der Waals surface area contributed by atoms with Gasteiger partial charge in [-0.15, -0.1) is 0 Å². The second-order valence-electron chi connectivity index (χ2n) is 7.25. The quantitative estimate of drug-likeness (QED) is 0.284. The van der Waals surface area contributed by atoms with E-state index < -0.39 is 30.2 Å². The van der Waals surface area contributed by atoms with Gasteiger partial charge in [-0.05, 0) is 60.7 Å². The van der Waals surface area contributed by atoms with E-state index in [4.69, 9.17) is 25.8 Å². The Morgan fingerprint density at radius 3 is 2.24 bits per heavy atom. The molecule has 0 bridgehead atoms. The van der Waals surface area contributed by atoms with E-state index in [-0.39, 0.29) is 22.3 Å². The van der Waals surface area contributed by atoms with Crippen LogP contribution in [0.3, 0.4) is 0 Å². The van der Waals surface area contributed by atoms with E-state index in [1.54, 1.807) is 36.4 Å². The Bertz CT molecular complexity index is 1320. The number of ether oxygens (including phenoxy) is 3. The lowest BCUT2D eigenvalue weighted by Gasteiger charge is -2.13. The molecule has 3 aromatic carbocycles. The summed E-state index contributed by atoms with van der Waals surface area (Å²) < 4.78 is 15.5. The van der Waals surface area contributed by atoms with E-state index in [0.717, 1.165) is 4.90 Å². The molecule has 0 atom stereocenters. The van der Waals surface area contributed by atoms with Gasteiger partial charge in [0.25, 0.3) is 11.8 Å². The van der Waals surface area contributed by atoms with Crippen molar-refractivity contribution in [2.45, 2.75) is 0 Å². The summed E-state index contributed by atoms with van der Waals surface area (Å²) in [6, 6.07) is 15.0. The zero-order valence-corrected chi connectivity index (χ0v) is 18.9. The van der Waals surface area contributed by atoms with Gasteiger partial charge in [0.2, 0.25) is 5.78 Å². The van der Waals surface area contributed by atoms with Gasteiger partial charge in [0.1, 0.15) is 11.5 Å². The molecule has 0 aliphatic carbocycles. The van der Waals surface area contributed by atoms with Crippen LogP contribution in [0.5, 0.6) is 11.5 Å². The molecule has 0 radical (unpaired) electrons. The van der Waals surface area contributed by atoms with Crippen molar-refractivity contribution >= 4 is 40.9 Å². The number of hydrogen-bond donors (Lipinski definition) is 0. The zero-order valence-electron chi connectivity index (χ0n) is 18.2. The molecule has 9 heteroatoms. The number of nitrogens with zero attached hydrogens (tertiary/aromatic N) is 1. The number of halogens is 1. The van der Waals surface area contributed by atoms with Crippen LogP contribution in [0.1, 0.15) is 41.4 Å². The second kappa shape index (κ2) is 9.36. The summed E-state index contributed by atoms with van der Waals surface area (Å²) in [6.07, 6.45) is 0. The third-order valence-corrected chi connectivity index (χ3v) is 5.50. The highest BCUT2D eigenvalue weighted by atomic mass is 35.5. The van der Waals surface area contributed by atoms with Crippen molar-refractivity contribution in [1.82, 2.24) is 0 Å². The van der Waals surface area contributed by atoms with Crippen LogP contribution in [0.4, 0.5) is 5.69 Å². The number of benzene rings is 3. The average molecular weight is 480 g/mol. The molecule has 0 saturated carbocycles. The molecule has 0 unspecified atom stereocenters. The van der Waals surface area contributed by atoms with E-state index in [2.05, 4.69) is 0 Å². The number of methoxy groups -OCH3 is 2. The summed E-state index contributed by atoms with van der Waals surface area (Å²) in [5.74, 6) is -1.64. The van der Waals surface area contributed by atoms with Crippen LogP contribution < -0.4 is 14.4 Å². The van der Waals surface area contributed by atoms with Crippen molar-refractivity contribution in [3.05, 3.63) is 87.9 Å². The number of Topliss-reactive ketones (excluding diaryl/α,β-unsaturated/α-hetero) is 1. The van der Waals surface area contributed by atoms with E-state index in [9.17, 15) is 19.2 Å². The number of imide groups is 1. The molecule has 1 aliphatic heterocycles. The summed E-state index contributed by atoms with van der Waals surface area (Å²) in [6.45, 7) is -0.552. The third kappa shape index (κ3) is 4.23. The van der Waals surface area contributed by atoms with Gasteiger partial charge in [0.05, 0.1) is 42.2 Å². The molecule has 8 nitrogen and oxygen atoms in total. The molecule has 0 saturated heterocycles. The normalized spacial score (nSPS) is 12.4. The van der Waals surface area contributed by atoms with E-state index in [0.29, 0.717) is 22.2 Å². The van der Waals surface area contributed by atoms with Gasteiger partial charge in [-0.2, -0.15) is 0 Å². The van der Waals surface area contributed by atoms with Crippen LogP contribution in [-0.4, -0.2) is 44.4 Å². The number of amides is 2. The predicted molar refractivity (Wildman–Crippen MR) is 123 cm³/mol. The zero-order chi connectivity index (χ0) is 24.4. The van der Waals surface area contributed by atoms with Crippen molar-refractivity contribution in [1.29, 1.82) is 0 Å². The van der Waals surface area contributed by atoms with Crippen molar-refractivity contribution in [3.63, 3.8) is 0 Å². The fourth-order valence-corrected chi connectivity index (χ4v) is 3.64. The van der Waals surface area contributed by atoms with E-state index >= 15 is 0 Å². The Morgan fingerprint density at radius 2 is 1.56 bits per heavy atom. The molecular formula is C25H18ClNO7. The number of esters is 1. The molecule has 4 rings (SSSR count). The minimum atomic E-state index is -0.816. The standard InChI is InChI=1S/C25H18ClNO7/c1-32-17-8-10-22(33-2)20(12-17)21(28)13-34-25(31)14-3-9-18-19(11-14)24(30)27(23(18)29)16-6-4-15(26)5-7-16/h3-12H,13H2,1-2H3. The number of fused-ring (bicyclic) bond motifs is 1. The molecule has 1 aliphatic rings. The Morgan fingerprint density at radius 1 is 0.853 bits per heavy atom. The molecule has 0 N–H and O–H groups in total. The number of rotatable bonds is 7. The first-order valence-corrected chi connectivity index (χ1v) is 10.4. The van der Waals surface area contributed by atoms with Crippen molar-refractivity contribution in [3.8, 4) is 11.5 Å². The summed E-state index contributed by atoms with van der Waals surface area (Å²) in [5, 5.41) is 0.464. The van der Waals surface area contributed by atoms with Crippen LogP contribution in [0.2, 0.25) is 5.02 Å². The first-order valence-electron chi connectivity index (χ1n) is 10.0. The van der Waals surface area contributed by atoms with Crippen molar-refractivity contribution in [2.75, 3.05) is 25.7 Å². The van der Waals surface area contributed by atoms with Crippen LogP contribution >= 0.6 is 11.6 Å². The van der Waals surface area contributed by atoms with Crippen LogP contribution in [0.25, 0.3) is 0 Å². The van der Waals surface area contributed by atoms with E-state index in [1.807, 2.05) is 0 Å². The summed E-state index contributed by atoms with van der Waals surface area (Å²) in [7, 11) is 2.88. The molecule has 3 aromatic rings. The lowest BCUT2D eigenvalue weighted by molar-refractivity contribution is 0.0473. The Hall–Kier alpha value is -4.17. The minimum Gasteiger partial charge on any atom is -0.497 e. The van der Waals surface area contributed by atoms with Gasteiger partial charge in [0, 0.05) is 5.02 Å². The molecule has 34 heavy (non-hydrogen) atoms. The summed E-state index contributed by atoms with van der Waals surface area (Å²) >= 11 is 5.88. The first-order chi connectivity index (χ1) is 16.3. The largest absolute Gasteiger partial charge is 0.497 e. The van der Waals surface area contributed by atoms with Crippen LogP contribution in [-0.2, 0) is 4.74 Å².